The van der Waals surface area contributed by atoms with Crippen LogP contribution in [-0.4, -0.2) is 26.8 Å². The number of nitrogens with one attached hydrogen (secondary N) is 2. The molecular weight excluding hydrogens is 318 g/mol. The van der Waals surface area contributed by atoms with Crippen molar-refractivity contribution < 1.29 is 9.59 Å². The molecule has 25 heavy (non-hydrogen) atoms. The van der Waals surface area contributed by atoms with E-state index >= 15 is 0 Å². The summed E-state index contributed by atoms with van der Waals surface area (Å²) in [6, 6.07) is 10.6. The summed E-state index contributed by atoms with van der Waals surface area (Å²) >= 11 is 0. The lowest BCUT2D eigenvalue weighted by molar-refractivity contribution is 0.0950. The van der Waals surface area contributed by atoms with Crippen molar-refractivity contribution in [2.75, 3.05) is 5.32 Å². The first kappa shape index (κ1) is 16.3. The standard InChI is InChI=1S/C18H15N5O2/c24-17(14-5-3-7-19-10-14)22-11-13-4-1-2-6-15(13)23-18(25)16-12-20-8-9-21-16/h1-10,12H,11H2,(H,22,24)(H,23,25). The van der Waals surface area contributed by atoms with Crippen LogP contribution in [0.5, 0.6) is 0 Å². The summed E-state index contributed by atoms with van der Waals surface area (Å²) in [7, 11) is 0. The van der Waals surface area contributed by atoms with E-state index in [1.807, 2.05) is 12.1 Å². The number of nitrogens with zero attached hydrogens (tertiary/aromatic N) is 3. The average molecular weight is 333 g/mol. The van der Waals surface area contributed by atoms with Crippen molar-refractivity contribution in [3.8, 4) is 0 Å². The van der Waals surface area contributed by atoms with Gasteiger partial charge in [0.05, 0.1) is 11.8 Å². The molecule has 1 aromatic carbocycles. The molecule has 2 heterocycles. The van der Waals surface area contributed by atoms with Gasteiger partial charge in [-0.15, -0.1) is 0 Å². The van der Waals surface area contributed by atoms with Gasteiger partial charge in [0.2, 0.25) is 0 Å². The van der Waals surface area contributed by atoms with Crippen LogP contribution in [0.15, 0.2) is 67.4 Å². The second-order valence-electron chi connectivity index (χ2n) is 5.13. The molecule has 2 amide bonds. The maximum atomic E-state index is 12.2. The Morgan fingerprint density at radius 2 is 1.72 bits per heavy atom. The summed E-state index contributed by atoms with van der Waals surface area (Å²) in [5, 5.41) is 5.60. The highest BCUT2D eigenvalue weighted by Crippen LogP contribution is 2.16. The number of amides is 2. The Balaban J connectivity index is 1.69. The fourth-order valence-corrected chi connectivity index (χ4v) is 2.17. The van der Waals surface area contributed by atoms with Crippen molar-refractivity contribution in [1.29, 1.82) is 0 Å². The van der Waals surface area contributed by atoms with E-state index in [9.17, 15) is 9.59 Å². The zero-order valence-electron chi connectivity index (χ0n) is 13.2. The van der Waals surface area contributed by atoms with E-state index in [1.165, 1.54) is 24.8 Å². The summed E-state index contributed by atoms with van der Waals surface area (Å²) < 4.78 is 0. The van der Waals surface area contributed by atoms with Gasteiger partial charge in [-0.25, -0.2) is 4.98 Å². The Kier molecular flexibility index (Phi) is 5.06. The Morgan fingerprint density at radius 1 is 0.880 bits per heavy atom. The molecule has 0 spiro atoms. The Labute approximate surface area is 144 Å². The summed E-state index contributed by atoms with van der Waals surface area (Å²) in [6.45, 7) is 0.269. The number of carbonyl (C=O) groups is 2. The first-order valence-electron chi connectivity index (χ1n) is 7.57. The number of aromatic nitrogens is 3. The van der Waals surface area contributed by atoms with E-state index in [-0.39, 0.29) is 24.1 Å². The minimum Gasteiger partial charge on any atom is -0.348 e. The molecule has 3 rings (SSSR count). The topological polar surface area (TPSA) is 96.9 Å². The molecule has 124 valence electrons. The molecule has 7 nitrogen and oxygen atoms in total. The molecule has 0 saturated heterocycles. The third kappa shape index (κ3) is 4.23. The number of carbonyl (C=O) groups excluding carboxylic acids is 2. The van der Waals surface area contributed by atoms with Crippen molar-refractivity contribution in [2.45, 2.75) is 6.54 Å². The highest BCUT2D eigenvalue weighted by Gasteiger charge is 2.11. The van der Waals surface area contributed by atoms with Crippen LogP contribution in [0.25, 0.3) is 0 Å². The van der Waals surface area contributed by atoms with Crippen LogP contribution >= 0.6 is 0 Å². The number of benzene rings is 1. The summed E-state index contributed by atoms with van der Waals surface area (Å²) in [5.41, 5.74) is 2.07. The Morgan fingerprint density at radius 3 is 2.48 bits per heavy atom. The van der Waals surface area contributed by atoms with Crippen LogP contribution < -0.4 is 10.6 Å². The summed E-state index contributed by atoms with van der Waals surface area (Å²) in [6.07, 6.45) is 7.45. The first-order chi connectivity index (χ1) is 12.2. The molecule has 7 heteroatoms. The maximum Gasteiger partial charge on any atom is 0.275 e. The monoisotopic (exact) mass is 333 g/mol. The highest BCUT2D eigenvalue weighted by atomic mass is 16.2. The van der Waals surface area contributed by atoms with Gasteiger partial charge < -0.3 is 10.6 Å². The number of anilines is 1. The van der Waals surface area contributed by atoms with Gasteiger partial charge in [0.1, 0.15) is 5.69 Å². The van der Waals surface area contributed by atoms with Crippen molar-refractivity contribution in [3.63, 3.8) is 0 Å². The van der Waals surface area contributed by atoms with Gasteiger partial charge in [0.15, 0.2) is 0 Å². The molecule has 0 bridgehead atoms. The second kappa shape index (κ2) is 7.78. The molecule has 3 aromatic rings. The van der Waals surface area contributed by atoms with Gasteiger partial charge in [0.25, 0.3) is 11.8 Å². The SMILES string of the molecule is O=C(NCc1ccccc1NC(=O)c1cnccn1)c1cccnc1. The minimum atomic E-state index is -0.362. The summed E-state index contributed by atoms with van der Waals surface area (Å²) in [4.78, 5) is 36.1. The first-order valence-corrected chi connectivity index (χ1v) is 7.57. The van der Waals surface area contributed by atoms with Crippen LogP contribution in [-0.2, 0) is 6.54 Å². The number of hydrogen-bond acceptors (Lipinski definition) is 5. The lowest BCUT2D eigenvalue weighted by Crippen LogP contribution is -2.24. The molecular formula is C18H15N5O2. The number of hydrogen-bond donors (Lipinski definition) is 2. The molecule has 2 aromatic heterocycles. The van der Waals surface area contributed by atoms with Gasteiger partial charge in [-0.3, -0.25) is 19.6 Å². The molecule has 0 saturated carbocycles. The fourth-order valence-electron chi connectivity index (χ4n) is 2.17. The van der Waals surface area contributed by atoms with Crippen LogP contribution in [0, 0.1) is 0 Å². The second-order valence-corrected chi connectivity index (χ2v) is 5.13. The third-order valence-corrected chi connectivity index (χ3v) is 3.42. The molecule has 0 fully saturated rings. The summed E-state index contributed by atoms with van der Waals surface area (Å²) in [5.74, 6) is -0.595. The van der Waals surface area contributed by atoms with Gasteiger partial charge >= 0.3 is 0 Å². The van der Waals surface area contributed by atoms with Crippen molar-refractivity contribution in [2.24, 2.45) is 0 Å². The molecule has 2 N–H and O–H groups in total. The van der Waals surface area contributed by atoms with E-state index < -0.39 is 0 Å². The van der Waals surface area contributed by atoms with E-state index in [0.29, 0.717) is 11.3 Å². The lowest BCUT2D eigenvalue weighted by atomic mass is 10.1. The van der Waals surface area contributed by atoms with Crippen molar-refractivity contribution in [1.82, 2.24) is 20.3 Å². The highest BCUT2D eigenvalue weighted by molar-refractivity contribution is 6.03. The predicted octanol–water partition coefficient (Wildman–Crippen LogP) is 2.05. The van der Waals surface area contributed by atoms with E-state index in [4.69, 9.17) is 0 Å². The fraction of sp³-hybridized carbons (Fsp3) is 0.0556. The van der Waals surface area contributed by atoms with E-state index in [2.05, 4.69) is 25.6 Å². The zero-order valence-corrected chi connectivity index (χ0v) is 13.2. The van der Waals surface area contributed by atoms with Crippen LogP contribution in [0.1, 0.15) is 26.4 Å². The van der Waals surface area contributed by atoms with Crippen molar-refractivity contribution in [3.05, 3.63) is 84.2 Å². The van der Waals surface area contributed by atoms with Crippen LogP contribution in [0.2, 0.25) is 0 Å². The molecule has 0 aliphatic carbocycles. The van der Waals surface area contributed by atoms with E-state index in [1.54, 1.807) is 30.5 Å². The van der Waals surface area contributed by atoms with Gasteiger partial charge in [-0.05, 0) is 23.8 Å². The van der Waals surface area contributed by atoms with E-state index in [0.717, 1.165) is 5.56 Å². The predicted molar refractivity (Wildman–Crippen MR) is 91.8 cm³/mol. The minimum absolute atomic E-state index is 0.219. The van der Waals surface area contributed by atoms with Gasteiger partial charge in [0, 0.05) is 37.0 Å². The molecule has 0 aliphatic rings. The van der Waals surface area contributed by atoms with Gasteiger partial charge in [-0.1, -0.05) is 18.2 Å². The smallest absolute Gasteiger partial charge is 0.275 e. The van der Waals surface area contributed by atoms with Crippen molar-refractivity contribution >= 4 is 17.5 Å². The Hall–Kier alpha value is -3.61. The molecule has 0 aliphatic heterocycles. The third-order valence-electron chi connectivity index (χ3n) is 3.42. The molecule has 0 radical (unpaired) electrons. The molecule has 0 atom stereocenters. The zero-order chi connectivity index (χ0) is 17.5. The van der Waals surface area contributed by atoms with Crippen LogP contribution in [0.4, 0.5) is 5.69 Å². The molecule has 0 unspecified atom stereocenters. The Bertz CT molecular complexity index is 869. The largest absolute Gasteiger partial charge is 0.348 e. The van der Waals surface area contributed by atoms with Gasteiger partial charge in [-0.2, -0.15) is 0 Å². The average Bonchev–Trinajstić information content (AvgIpc) is 2.68. The number of rotatable bonds is 5. The van der Waals surface area contributed by atoms with Crippen LogP contribution in [0.3, 0.4) is 0 Å². The normalized spacial score (nSPS) is 10.1. The quantitative estimate of drug-likeness (QED) is 0.745. The number of pyridine rings is 1. The maximum absolute atomic E-state index is 12.2. The number of para-hydroxylation sites is 1. The lowest BCUT2D eigenvalue weighted by Gasteiger charge is -2.11.